The number of benzene rings is 1. The van der Waals surface area contributed by atoms with Crippen LogP contribution in [-0.2, 0) is 16.0 Å². The van der Waals surface area contributed by atoms with Crippen LogP contribution in [0.25, 0.3) is 0 Å². The summed E-state index contributed by atoms with van der Waals surface area (Å²) in [7, 11) is 0. The Bertz CT molecular complexity index is 560. The number of hydroxylamine groups is 2. The molecule has 27 heavy (non-hydrogen) atoms. The zero-order valence-electron chi connectivity index (χ0n) is 17.6. The Morgan fingerprint density at radius 1 is 1.00 bits per heavy atom. The van der Waals surface area contributed by atoms with Gasteiger partial charge in [-0.05, 0) is 90.3 Å². The van der Waals surface area contributed by atoms with Crippen molar-refractivity contribution in [1.29, 1.82) is 0 Å². The molecule has 2 saturated heterocycles. The molecule has 0 bridgehead atoms. The average molecular weight is 376 g/mol. The lowest BCUT2D eigenvalue weighted by molar-refractivity contribution is -0.280. The van der Waals surface area contributed by atoms with Crippen LogP contribution in [0.2, 0.25) is 0 Å². The highest BCUT2D eigenvalue weighted by Crippen LogP contribution is 2.38. The van der Waals surface area contributed by atoms with E-state index < -0.39 is 0 Å². The van der Waals surface area contributed by atoms with Crippen LogP contribution in [0.3, 0.4) is 0 Å². The van der Waals surface area contributed by atoms with Crippen LogP contribution in [0.4, 0.5) is 0 Å². The van der Waals surface area contributed by atoms with Crippen LogP contribution < -0.4 is 4.74 Å². The van der Waals surface area contributed by atoms with Gasteiger partial charge in [-0.25, -0.2) is 0 Å². The summed E-state index contributed by atoms with van der Waals surface area (Å²) in [5.41, 5.74) is 1.48. The smallest absolute Gasteiger partial charge is 0.119 e. The van der Waals surface area contributed by atoms with Crippen molar-refractivity contribution in [1.82, 2.24) is 5.06 Å². The van der Waals surface area contributed by atoms with Crippen LogP contribution in [0.15, 0.2) is 24.3 Å². The summed E-state index contributed by atoms with van der Waals surface area (Å²) < 4.78 is 11.6. The third-order valence-electron chi connectivity index (χ3n) is 5.92. The van der Waals surface area contributed by atoms with Gasteiger partial charge >= 0.3 is 0 Å². The predicted molar refractivity (Wildman–Crippen MR) is 109 cm³/mol. The Morgan fingerprint density at radius 3 is 2.33 bits per heavy atom. The van der Waals surface area contributed by atoms with E-state index in [9.17, 15) is 0 Å². The number of rotatable bonds is 7. The third-order valence-corrected chi connectivity index (χ3v) is 5.92. The molecule has 0 spiro atoms. The van der Waals surface area contributed by atoms with Gasteiger partial charge in [-0.1, -0.05) is 12.1 Å². The maximum absolute atomic E-state index is 6.26. The molecule has 0 saturated carbocycles. The van der Waals surface area contributed by atoms with E-state index in [4.69, 9.17) is 14.3 Å². The number of piperidine rings is 1. The molecular formula is C23H37NO3. The van der Waals surface area contributed by atoms with Gasteiger partial charge in [-0.3, -0.25) is 4.84 Å². The van der Waals surface area contributed by atoms with E-state index in [0.29, 0.717) is 13.2 Å². The van der Waals surface area contributed by atoms with E-state index in [0.717, 1.165) is 25.2 Å². The Labute approximate surface area is 165 Å². The number of ether oxygens (including phenoxy) is 2. The first-order valence-electron chi connectivity index (χ1n) is 10.6. The number of hydrogen-bond donors (Lipinski definition) is 0. The molecule has 3 rings (SSSR count). The molecule has 4 nitrogen and oxygen atoms in total. The summed E-state index contributed by atoms with van der Waals surface area (Å²) in [6.45, 7) is 11.4. The first-order chi connectivity index (χ1) is 12.9. The molecule has 0 aromatic heterocycles. The Kier molecular flexibility index (Phi) is 6.83. The molecule has 1 unspecified atom stereocenters. The van der Waals surface area contributed by atoms with Crippen LogP contribution in [0.5, 0.6) is 5.75 Å². The summed E-state index contributed by atoms with van der Waals surface area (Å²) in [5, 5.41) is 2.24. The van der Waals surface area contributed by atoms with E-state index in [1.54, 1.807) is 0 Å². The standard InChI is InChI=1S/C23H37NO3/c1-22(2)14-7-15-23(3,4)24(22)27-17-13-19-9-11-20(12-10-19)26-18-21-8-5-6-16-25-21/h9-12,21H,5-8,13-18H2,1-4H3. The van der Waals surface area contributed by atoms with Gasteiger partial charge in [-0.2, -0.15) is 5.06 Å². The summed E-state index contributed by atoms with van der Waals surface area (Å²) in [4.78, 5) is 6.26. The molecule has 0 N–H and O–H groups in total. The first-order valence-corrected chi connectivity index (χ1v) is 10.6. The van der Waals surface area contributed by atoms with Crippen molar-refractivity contribution in [3.05, 3.63) is 29.8 Å². The highest BCUT2D eigenvalue weighted by Gasteiger charge is 2.42. The molecular weight excluding hydrogens is 338 g/mol. The van der Waals surface area contributed by atoms with Gasteiger partial charge in [0.2, 0.25) is 0 Å². The van der Waals surface area contributed by atoms with Gasteiger partial charge in [0, 0.05) is 17.7 Å². The van der Waals surface area contributed by atoms with Crippen LogP contribution in [0.1, 0.15) is 71.8 Å². The van der Waals surface area contributed by atoms with E-state index in [2.05, 4.69) is 57.0 Å². The Morgan fingerprint density at radius 2 is 1.70 bits per heavy atom. The minimum absolute atomic E-state index is 0.0979. The fourth-order valence-corrected chi connectivity index (χ4v) is 4.46. The lowest BCUT2D eigenvalue weighted by atomic mass is 9.82. The fourth-order valence-electron chi connectivity index (χ4n) is 4.46. The lowest BCUT2D eigenvalue weighted by Gasteiger charge is -2.51. The molecule has 2 heterocycles. The maximum atomic E-state index is 6.26. The summed E-state index contributed by atoms with van der Waals surface area (Å²) in [6, 6.07) is 8.42. The molecule has 152 valence electrons. The van der Waals surface area contributed by atoms with Gasteiger partial charge in [0.05, 0.1) is 12.7 Å². The van der Waals surface area contributed by atoms with Gasteiger partial charge in [0.25, 0.3) is 0 Å². The molecule has 0 radical (unpaired) electrons. The predicted octanol–water partition coefficient (Wildman–Crippen LogP) is 5.15. The van der Waals surface area contributed by atoms with Crippen molar-refractivity contribution >= 4 is 0 Å². The SMILES string of the molecule is CC1(C)CCCC(C)(C)N1OCCc1ccc(OCC2CCCCO2)cc1. The average Bonchev–Trinajstić information content (AvgIpc) is 2.64. The van der Waals surface area contributed by atoms with Crippen molar-refractivity contribution < 1.29 is 14.3 Å². The van der Waals surface area contributed by atoms with Crippen molar-refractivity contribution in [2.75, 3.05) is 19.8 Å². The maximum Gasteiger partial charge on any atom is 0.119 e. The minimum Gasteiger partial charge on any atom is -0.491 e. The van der Waals surface area contributed by atoms with Crippen molar-refractivity contribution in [2.24, 2.45) is 0 Å². The van der Waals surface area contributed by atoms with Crippen LogP contribution >= 0.6 is 0 Å². The van der Waals surface area contributed by atoms with Gasteiger partial charge in [0.15, 0.2) is 0 Å². The topological polar surface area (TPSA) is 30.9 Å². The fraction of sp³-hybridized carbons (Fsp3) is 0.739. The zero-order chi connectivity index (χ0) is 19.3. The van der Waals surface area contributed by atoms with Crippen molar-refractivity contribution in [3.63, 3.8) is 0 Å². The van der Waals surface area contributed by atoms with E-state index >= 15 is 0 Å². The molecule has 0 amide bonds. The second-order valence-electron chi connectivity index (χ2n) is 9.30. The van der Waals surface area contributed by atoms with Crippen molar-refractivity contribution in [3.8, 4) is 5.75 Å². The van der Waals surface area contributed by atoms with Gasteiger partial charge in [-0.15, -0.1) is 0 Å². The second-order valence-corrected chi connectivity index (χ2v) is 9.30. The molecule has 2 aliphatic heterocycles. The molecule has 2 aliphatic rings. The van der Waals surface area contributed by atoms with Crippen molar-refractivity contribution in [2.45, 2.75) is 89.8 Å². The lowest BCUT2D eigenvalue weighted by Crippen LogP contribution is -2.58. The Hall–Kier alpha value is -1.10. The molecule has 4 heteroatoms. The first kappa shape index (κ1) is 20.6. The van der Waals surface area contributed by atoms with E-state index in [-0.39, 0.29) is 17.2 Å². The summed E-state index contributed by atoms with van der Waals surface area (Å²) in [5.74, 6) is 0.923. The molecule has 1 atom stereocenters. The molecule has 1 aromatic rings. The van der Waals surface area contributed by atoms with Gasteiger partial charge in [0.1, 0.15) is 12.4 Å². The second kappa shape index (κ2) is 8.93. The number of nitrogens with zero attached hydrogens (tertiary/aromatic N) is 1. The number of hydrogen-bond acceptors (Lipinski definition) is 4. The monoisotopic (exact) mass is 375 g/mol. The minimum atomic E-state index is 0.0979. The van der Waals surface area contributed by atoms with Crippen LogP contribution in [-0.4, -0.2) is 42.1 Å². The Balaban J connectivity index is 1.44. The highest BCUT2D eigenvalue weighted by molar-refractivity contribution is 5.27. The van der Waals surface area contributed by atoms with E-state index in [1.165, 1.54) is 37.7 Å². The zero-order valence-corrected chi connectivity index (χ0v) is 17.6. The van der Waals surface area contributed by atoms with Crippen LogP contribution in [0, 0.1) is 0 Å². The molecule has 2 fully saturated rings. The normalized spacial score (nSPS) is 25.3. The quantitative estimate of drug-likeness (QED) is 0.659. The third kappa shape index (κ3) is 5.69. The molecule has 0 aliphatic carbocycles. The largest absolute Gasteiger partial charge is 0.491 e. The molecule has 1 aromatic carbocycles. The highest BCUT2D eigenvalue weighted by atomic mass is 16.7. The summed E-state index contributed by atoms with van der Waals surface area (Å²) in [6.07, 6.45) is 8.35. The van der Waals surface area contributed by atoms with Gasteiger partial charge < -0.3 is 9.47 Å². The van der Waals surface area contributed by atoms with E-state index in [1.807, 2.05) is 0 Å². The summed E-state index contributed by atoms with van der Waals surface area (Å²) >= 11 is 0.